The van der Waals surface area contributed by atoms with Crippen LogP contribution >= 0.6 is 11.3 Å². The maximum absolute atomic E-state index is 7.43. The Hall–Kier alpha value is -1.71. The van der Waals surface area contributed by atoms with Gasteiger partial charge in [-0.2, -0.15) is 5.53 Å². The molecule has 16 nitrogen and oxygen atoms in total. The Kier molecular flexibility index (Phi) is 37.5. The summed E-state index contributed by atoms with van der Waals surface area (Å²) in [6.07, 6.45) is 14.5. The van der Waals surface area contributed by atoms with Crippen LogP contribution < -0.4 is 5.32 Å². The summed E-state index contributed by atoms with van der Waals surface area (Å²) in [7, 11) is 0. The first-order valence-electron chi connectivity index (χ1n) is 22.5. The molecule has 2 rings (SSSR count). The highest BCUT2D eigenvalue weighted by atomic mass is 32.1. The lowest BCUT2D eigenvalue weighted by Gasteiger charge is -2.28. The molecule has 1 aliphatic rings. The molecule has 0 atom stereocenters. The second-order valence-electron chi connectivity index (χ2n) is 14.4. The van der Waals surface area contributed by atoms with E-state index in [4.69, 9.17) is 62.6 Å². The highest BCUT2D eigenvalue weighted by Crippen LogP contribution is 2.35. The Labute approximate surface area is 365 Å². The third-order valence-electron chi connectivity index (χ3n) is 9.60. The van der Waals surface area contributed by atoms with E-state index in [0.29, 0.717) is 157 Å². The number of hydrogen-bond donors (Lipinski definition) is 2. The van der Waals surface area contributed by atoms with Gasteiger partial charge in [0.25, 0.3) is 0 Å². The van der Waals surface area contributed by atoms with E-state index in [1.54, 1.807) is 5.01 Å². The lowest BCUT2D eigenvalue weighted by molar-refractivity contribution is -0.0276. The molecule has 0 saturated heterocycles. The average molecular weight is 876 g/mol. The zero-order chi connectivity index (χ0) is 42.8. The van der Waals surface area contributed by atoms with E-state index in [0.717, 1.165) is 26.0 Å². The van der Waals surface area contributed by atoms with Gasteiger partial charge in [0.1, 0.15) is 0 Å². The number of hydrogen-bond acceptors (Lipinski definition) is 16. The minimum absolute atomic E-state index is 0.470. The van der Waals surface area contributed by atoms with Crippen LogP contribution in [0.2, 0.25) is 0 Å². The summed E-state index contributed by atoms with van der Waals surface area (Å²) in [5, 5.41) is 10.2. The highest BCUT2D eigenvalue weighted by molar-refractivity contribution is 7.11. The molecule has 1 fully saturated rings. The van der Waals surface area contributed by atoms with Crippen molar-refractivity contribution in [3.8, 4) is 0 Å². The largest absolute Gasteiger partial charge is 0.379 e. The van der Waals surface area contributed by atoms with E-state index in [1.165, 1.54) is 60.5 Å². The van der Waals surface area contributed by atoms with Crippen LogP contribution in [-0.4, -0.2) is 174 Å². The molecule has 1 saturated carbocycles. The fourth-order valence-electron chi connectivity index (χ4n) is 6.03. The van der Waals surface area contributed by atoms with Crippen molar-refractivity contribution in [1.29, 1.82) is 5.53 Å². The van der Waals surface area contributed by atoms with Gasteiger partial charge >= 0.3 is 0 Å². The second kappa shape index (κ2) is 41.3. The molecule has 350 valence electrons. The quantitative estimate of drug-likeness (QED) is 0.0427. The van der Waals surface area contributed by atoms with Crippen molar-refractivity contribution in [2.24, 2.45) is 5.22 Å². The zero-order valence-electron chi connectivity index (χ0n) is 37.4. The van der Waals surface area contributed by atoms with E-state index >= 15 is 0 Å². The van der Waals surface area contributed by atoms with E-state index in [-0.39, 0.29) is 0 Å². The number of aryl methyl sites for hydroxylation is 2. The molecular formula is C43H81N5O11S. The van der Waals surface area contributed by atoms with Crippen molar-refractivity contribution >= 4 is 11.3 Å². The molecule has 0 bridgehead atoms. The molecule has 0 spiro atoms. The normalized spacial score (nSPS) is 15.7. The van der Waals surface area contributed by atoms with Crippen LogP contribution in [0.1, 0.15) is 86.2 Å². The molecule has 1 aromatic rings. The molecule has 0 radical (unpaired) electrons. The first-order chi connectivity index (χ1) is 29.6. The fraction of sp³-hybridized carbons (Fsp3) is 0.884. The van der Waals surface area contributed by atoms with Crippen molar-refractivity contribution in [3.05, 3.63) is 27.9 Å². The topological polar surface area (TPSA) is 166 Å². The van der Waals surface area contributed by atoms with Gasteiger partial charge in [0.15, 0.2) is 0 Å². The highest BCUT2D eigenvalue weighted by Gasteiger charge is 2.24. The Morgan fingerprint density at radius 1 is 0.600 bits per heavy atom. The predicted octanol–water partition coefficient (Wildman–Crippen LogP) is 6.29. The van der Waals surface area contributed by atoms with Gasteiger partial charge in [-0.1, -0.05) is 37.5 Å². The average Bonchev–Trinajstić information content (AvgIpc) is 3.60. The van der Waals surface area contributed by atoms with Crippen molar-refractivity contribution in [3.63, 3.8) is 0 Å². The van der Waals surface area contributed by atoms with Crippen LogP contribution in [-0.2, 0) is 52.1 Å². The molecular weight excluding hydrogens is 795 g/mol. The molecule has 1 aromatic heterocycles. The van der Waals surface area contributed by atoms with Gasteiger partial charge < -0.3 is 57.4 Å². The second-order valence-corrected chi connectivity index (χ2v) is 15.7. The van der Waals surface area contributed by atoms with Crippen LogP contribution in [0.15, 0.2) is 17.5 Å². The van der Waals surface area contributed by atoms with E-state index in [1.807, 2.05) is 17.5 Å². The smallest absolute Gasteiger partial charge is 0.0961 e. The number of nitrogens with zero attached hydrogens (tertiary/aromatic N) is 3. The molecule has 2 N–H and O–H groups in total. The molecule has 17 heteroatoms. The number of ether oxygens (including phenoxy) is 11. The molecule has 0 amide bonds. The van der Waals surface area contributed by atoms with Crippen molar-refractivity contribution in [2.45, 2.75) is 90.5 Å². The summed E-state index contributed by atoms with van der Waals surface area (Å²) >= 11 is 1.87. The standard InChI is InChI=1S/C43H81N5O11S/c1-4-5-6-9-17-49-19-21-51-23-25-53-27-29-55-31-33-57-35-37-59-38-36-58-34-32-56-30-28-54-26-24-52-22-20-50-18-16-48(47-44)15-8-7-14-45-42-12-10-41(11-13-42)43-46-39(2)40(3)60-43/h8,15,41-42,44-45H,4-7,9-14,16-38H2,1-3H3/b15-8+,47-44?. The van der Waals surface area contributed by atoms with E-state index in [9.17, 15) is 0 Å². The summed E-state index contributed by atoms with van der Waals surface area (Å²) < 4.78 is 60.9. The summed E-state index contributed by atoms with van der Waals surface area (Å²) in [6, 6.07) is 0.574. The minimum Gasteiger partial charge on any atom is -0.379 e. The molecule has 1 heterocycles. The van der Waals surface area contributed by atoms with Gasteiger partial charge in [0.2, 0.25) is 0 Å². The van der Waals surface area contributed by atoms with E-state index in [2.05, 4.69) is 37.4 Å². The van der Waals surface area contributed by atoms with Crippen LogP contribution in [0.25, 0.3) is 0 Å². The molecule has 1 aliphatic carbocycles. The van der Waals surface area contributed by atoms with Gasteiger partial charge in [-0.15, -0.1) is 11.3 Å². The number of rotatable bonds is 45. The number of nitrogens with one attached hydrogen (secondary N) is 2. The van der Waals surface area contributed by atoms with Crippen LogP contribution in [0.4, 0.5) is 0 Å². The lowest BCUT2D eigenvalue weighted by atomic mass is 9.86. The first kappa shape index (κ1) is 54.4. The Morgan fingerprint density at radius 2 is 1.02 bits per heavy atom. The van der Waals surface area contributed by atoms with Crippen molar-refractivity contribution in [2.75, 3.05) is 158 Å². The third-order valence-corrected chi connectivity index (χ3v) is 10.8. The Morgan fingerprint density at radius 3 is 1.40 bits per heavy atom. The van der Waals surface area contributed by atoms with Crippen molar-refractivity contribution < 1.29 is 52.1 Å². The van der Waals surface area contributed by atoms with E-state index < -0.39 is 0 Å². The van der Waals surface area contributed by atoms with Gasteiger partial charge in [-0.3, -0.25) is 5.01 Å². The number of aromatic nitrogens is 1. The lowest BCUT2D eigenvalue weighted by Crippen LogP contribution is -2.33. The summed E-state index contributed by atoms with van der Waals surface area (Å²) in [5.74, 6) is 0.619. The zero-order valence-corrected chi connectivity index (χ0v) is 38.2. The van der Waals surface area contributed by atoms with Gasteiger partial charge in [-0.05, 0) is 58.9 Å². The van der Waals surface area contributed by atoms with Gasteiger partial charge in [-0.25, -0.2) is 4.98 Å². The Balaban J connectivity index is 1.19. The van der Waals surface area contributed by atoms with Crippen LogP contribution in [0.3, 0.4) is 0 Å². The molecule has 0 aromatic carbocycles. The monoisotopic (exact) mass is 876 g/mol. The maximum Gasteiger partial charge on any atom is 0.0961 e. The third kappa shape index (κ3) is 32.0. The maximum atomic E-state index is 7.43. The fourth-order valence-corrected chi connectivity index (χ4v) is 7.12. The van der Waals surface area contributed by atoms with Gasteiger partial charge in [0.05, 0.1) is 156 Å². The summed E-state index contributed by atoms with van der Waals surface area (Å²) in [5.41, 5.74) is 8.62. The van der Waals surface area contributed by atoms with Crippen LogP contribution in [0, 0.1) is 19.4 Å². The molecule has 0 aliphatic heterocycles. The number of unbranched alkanes of at least 4 members (excludes halogenated alkanes) is 3. The first-order valence-corrected chi connectivity index (χ1v) is 23.3. The Bertz CT molecular complexity index is 1100. The SMILES string of the molecule is CCCCCCOCCOCCOCCOCCOCCOCCOCCOCCOCCOCCOCCN(/C=C/CCNC1CCC(c2nc(C)c(C)s2)CC1)N=N. The molecule has 60 heavy (non-hydrogen) atoms. The van der Waals surface area contributed by atoms with Gasteiger partial charge in [0, 0.05) is 29.6 Å². The minimum atomic E-state index is 0.470. The predicted molar refractivity (Wildman–Crippen MR) is 233 cm³/mol. The van der Waals surface area contributed by atoms with Crippen LogP contribution in [0.5, 0.6) is 0 Å². The summed E-state index contributed by atoms with van der Waals surface area (Å²) in [4.78, 5) is 6.13. The summed E-state index contributed by atoms with van der Waals surface area (Å²) in [6.45, 7) is 19.7. The number of thiazole rings is 1. The molecule has 0 unspecified atom stereocenters. The van der Waals surface area contributed by atoms with Crippen molar-refractivity contribution in [1.82, 2.24) is 15.3 Å².